The van der Waals surface area contributed by atoms with Gasteiger partial charge in [0, 0.05) is 28.5 Å². The Bertz CT molecular complexity index is 408. The van der Waals surface area contributed by atoms with Gasteiger partial charge in [0.1, 0.15) is 10.5 Å². The Morgan fingerprint density at radius 2 is 2.20 bits per heavy atom. The average molecular weight is 258 g/mol. The minimum atomic E-state index is 0.491. The van der Waals surface area contributed by atoms with Crippen LogP contribution in [0, 0.1) is 18.5 Å². The molecule has 2 rings (SSSR count). The normalized spacial score (nSPS) is 21.6. The molecule has 0 aliphatic carbocycles. The number of thioether (sulfide) groups is 2. The first-order chi connectivity index (χ1) is 7.18. The van der Waals surface area contributed by atoms with Crippen molar-refractivity contribution < 1.29 is 0 Å². The maximum absolute atomic E-state index is 5.25. The Hall–Kier alpha value is -0.0000000000000000833. The molecule has 1 aliphatic heterocycles. The molecule has 82 valence electrons. The van der Waals surface area contributed by atoms with Crippen molar-refractivity contribution in [1.29, 1.82) is 0 Å². The molecule has 5 heteroatoms. The van der Waals surface area contributed by atoms with Crippen molar-refractivity contribution in [3.8, 4) is 0 Å². The fourth-order valence-corrected chi connectivity index (χ4v) is 4.34. The summed E-state index contributed by atoms with van der Waals surface area (Å²) in [5, 5.41) is 0.491. The third-order valence-electron chi connectivity index (χ3n) is 2.54. The molecule has 0 saturated carbocycles. The largest absolute Gasteiger partial charge is 0.346 e. The number of aromatic nitrogens is 2. The maximum Gasteiger partial charge on any atom is 0.132 e. The number of aryl methyl sites for hydroxylation is 1. The predicted octanol–water partition coefficient (Wildman–Crippen LogP) is 3.28. The van der Waals surface area contributed by atoms with E-state index in [4.69, 9.17) is 12.2 Å². The van der Waals surface area contributed by atoms with E-state index in [-0.39, 0.29) is 0 Å². The lowest BCUT2D eigenvalue weighted by Crippen LogP contribution is -2.11. The van der Waals surface area contributed by atoms with Crippen LogP contribution in [0.2, 0.25) is 0 Å². The topological polar surface area (TPSA) is 28.7 Å². The van der Waals surface area contributed by atoms with Crippen molar-refractivity contribution in [1.82, 2.24) is 9.97 Å². The van der Waals surface area contributed by atoms with E-state index in [0.29, 0.717) is 5.25 Å². The van der Waals surface area contributed by atoms with Crippen LogP contribution in [0.3, 0.4) is 0 Å². The van der Waals surface area contributed by atoms with Crippen molar-refractivity contribution in [2.75, 3.05) is 17.3 Å². The van der Waals surface area contributed by atoms with Gasteiger partial charge in [-0.05, 0) is 13.8 Å². The fourth-order valence-electron chi connectivity index (χ4n) is 1.47. The standard InChI is InChI=1S/C10H14N2S3/c1-6-7(2)11-9(12-10(6)13)8-5-14-3-4-15-8/h8H,3-5H2,1-2H3,(H,11,12,13). The zero-order chi connectivity index (χ0) is 10.8. The van der Waals surface area contributed by atoms with Crippen molar-refractivity contribution in [2.24, 2.45) is 0 Å². The number of nitrogens with one attached hydrogen (secondary N) is 1. The Kier molecular flexibility index (Phi) is 3.74. The van der Waals surface area contributed by atoms with Crippen LogP contribution < -0.4 is 0 Å². The molecule has 1 aromatic rings. The Morgan fingerprint density at radius 3 is 2.80 bits per heavy atom. The second-order valence-corrected chi connectivity index (χ2v) is 6.46. The third-order valence-corrected chi connectivity index (χ3v) is 5.70. The molecule has 1 fully saturated rings. The molecule has 1 aromatic heterocycles. The molecule has 0 spiro atoms. The van der Waals surface area contributed by atoms with E-state index in [1.54, 1.807) is 0 Å². The van der Waals surface area contributed by atoms with E-state index >= 15 is 0 Å². The van der Waals surface area contributed by atoms with Crippen LogP contribution >= 0.6 is 35.7 Å². The number of H-pyrrole nitrogens is 1. The lowest BCUT2D eigenvalue weighted by Gasteiger charge is -2.20. The summed E-state index contributed by atoms with van der Waals surface area (Å²) in [5.74, 6) is 4.67. The van der Waals surface area contributed by atoms with Gasteiger partial charge in [-0.2, -0.15) is 11.8 Å². The van der Waals surface area contributed by atoms with Crippen molar-refractivity contribution in [3.05, 3.63) is 21.7 Å². The van der Waals surface area contributed by atoms with Gasteiger partial charge in [0.2, 0.25) is 0 Å². The summed E-state index contributed by atoms with van der Waals surface area (Å²) in [5.41, 5.74) is 2.25. The summed E-state index contributed by atoms with van der Waals surface area (Å²) >= 11 is 9.23. The summed E-state index contributed by atoms with van der Waals surface area (Å²) in [4.78, 5) is 7.86. The number of rotatable bonds is 1. The Morgan fingerprint density at radius 1 is 1.40 bits per heavy atom. The molecule has 1 atom stereocenters. The van der Waals surface area contributed by atoms with Gasteiger partial charge in [-0.3, -0.25) is 0 Å². The first-order valence-corrected chi connectivity index (χ1v) is 7.56. The quantitative estimate of drug-likeness (QED) is 0.783. The predicted molar refractivity (Wildman–Crippen MR) is 71.4 cm³/mol. The second-order valence-electron chi connectivity index (χ2n) is 3.61. The average Bonchev–Trinajstić information content (AvgIpc) is 2.26. The lowest BCUT2D eigenvalue weighted by atomic mass is 10.2. The van der Waals surface area contributed by atoms with Crippen LogP contribution in [0.4, 0.5) is 0 Å². The Labute approximate surface area is 104 Å². The highest BCUT2D eigenvalue weighted by molar-refractivity contribution is 8.06. The molecule has 15 heavy (non-hydrogen) atoms. The number of hydrogen-bond acceptors (Lipinski definition) is 4. The van der Waals surface area contributed by atoms with Crippen LogP contribution in [0.5, 0.6) is 0 Å². The zero-order valence-corrected chi connectivity index (χ0v) is 11.3. The van der Waals surface area contributed by atoms with Gasteiger partial charge in [-0.1, -0.05) is 12.2 Å². The van der Waals surface area contributed by atoms with Gasteiger partial charge in [-0.25, -0.2) is 4.98 Å². The molecule has 0 amide bonds. The molecule has 1 aliphatic rings. The summed E-state index contributed by atoms with van der Waals surface area (Å²) < 4.78 is 0.748. The maximum atomic E-state index is 5.25. The summed E-state index contributed by atoms with van der Waals surface area (Å²) in [6.07, 6.45) is 0. The summed E-state index contributed by atoms with van der Waals surface area (Å²) in [6, 6.07) is 0. The van der Waals surface area contributed by atoms with E-state index in [1.807, 2.05) is 30.4 Å². The highest BCUT2D eigenvalue weighted by Crippen LogP contribution is 2.35. The van der Waals surface area contributed by atoms with Crippen LogP contribution in [-0.4, -0.2) is 27.2 Å². The lowest BCUT2D eigenvalue weighted by molar-refractivity contribution is 0.885. The summed E-state index contributed by atoms with van der Waals surface area (Å²) in [7, 11) is 0. The second kappa shape index (κ2) is 4.89. The minimum absolute atomic E-state index is 0.491. The highest BCUT2D eigenvalue weighted by Gasteiger charge is 2.18. The van der Waals surface area contributed by atoms with Crippen molar-refractivity contribution >= 4 is 35.7 Å². The number of nitrogens with zero attached hydrogens (tertiary/aromatic N) is 1. The third kappa shape index (κ3) is 2.57. The van der Waals surface area contributed by atoms with Gasteiger partial charge in [0.05, 0.1) is 5.25 Å². The first-order valence-electron chi connectivity index (χ1n) is 4.95. The van der Waals surface area contributed by atoms with Crippen LogP contribution in [0.15, 0.2) is 0 Å². The van der Waals surface area contributed by atoms with Gasteiger partial charge in [0.15, 0.2) is 0 Å². The molecule has 0 radical (unpaired) electrons. The van der Waals surface area contributed by atoms with E-state index in [2.05, 4.69) is 16.9 Å². The molecule has 1 saturated heterocycles. The molecule has 1 N–H and O–H groups in total. The minimum Gasteiger partial charge on any atom is -0.346 e. The van der Waals surface area contributed by atoms with Crippen LogP contribution in [0.1, 0.15) is 22.3 Å². The van der Waals surface area contributed by atoms with E-state index in [0.717, 1.165) is 27.5 Å². The molecular formula is C10H14N2S3. The molecular weight excluding hydrogens is 244 g/mol. The van der Waals surface area contributed by atoms with Crippen molar-refractivity contribution in [3.63, 3.8) is 0 Å². The molecule has 0 bridgehead atoms. The molecule has 0 aromatic carbocycles. The van der Waals surface area contributed by atoms with E-state index in [9.17, 15) is 0 Å². The molecule has 2 nitrogen and oxygen atoms in total. The monoisotopic (exact) mass is 258 g/mol. The Balaban J connectivity index is 2.32. The van der Waals surface area contributed by atoms with Gasteiger partial charge >= 0.3 is 0 Å². The zero-order valence-electron chi connectivity index (χ0n) is 8.87. The number of hydrogen-bond donors (Lipinski definition) is 1. The smallest absolute Gasteiger partial charge is 0.132 e. The highest BCUT2D eigenvalue weighted by atomic mass is 32.2. The van der Waals surface area contributed by atoms with E-state index in [1.165, 1.54) is 11.5 Å². The number of aromatic amines is 1. The van der Waals surface area contributed by atoms with Crippen LogP contribution in [0.25, 0.3) is 0 Å². The van der Waals surface area contributed by atoms with Gasteiger partial charge in [-0.15, -0.1) is 11.8 Å². The van der Waals surface area contributed by atoms with Crippen LogP contribution in [-0.2, 0) is 0 Å². The first kappa shape index (κ1) is 11.5. The van der Waals surface area contributed by atoms with Gasteiger partial charge < -0.3 is 4.98 Å². The molecule has 1 unspecified atom stereocenters. The fraction of sp³-hybridized carbons (Fsp3) is 0.600. The van der Waals surface area contributed by atoms with E-state index < -0.39 is 0 Å². The molecule has 2 heterocycles. The summed E-state index contributed by atoms with van der Waals surface area (Å²) in [6.45, 7) is 4.09. The van der Waals surface area contributed by atoms with Crippen molar-refractivity contribution in [2.45, 2.75) is 19.1 Å². The SMILES string of the molecule is Cc1[nH]c(C2CSCCS2)nc(=S)c1C. The van der Waals surface area contributed by atoms with Gasteiger partial charge in [0.25, 0.3) is 0 Å².